The van der Waals surface area contributed by atoms with Crippen LogP contribution in [0.15, 0.2) is 9.27 Å². The van der Waals surface area contributed by atoms with Gasteiger partial charge in [-0.05, 0) is 29.8 Å². The highest BCUT2D eigenvalue weighted by Gasteiger charge is 2.19. The van der Waals surface area contributed by atoms with Crippen molar-refractivity contribution in [3.63, 3.8) is 0 Å². The molecule has 70 valence electrons. The zero-order valence-electron chi connectivity index (χ0n) is 7.05. The molecule has 0 atom stereocenters. The SMILES string of the molecule is Cc1[nH]c(C)c([N+](=O)[O-])c(=O)c1Br. The maximum atomic E-state index is 11.3. The van der Waals surface area contributed by atoms with Crippen molar-refractivity contribution in [2.45, 2.75) is 13.8 Å². The highest BCUT2D eigenvalue weighted by Crippen LogP contribution is 2.16. The van der Waals surface area contributed by atoms with Crippen LogP contribution in [0.25, 0.3) is 0 Å². The summed E-state index contributed by atoms with van der Waals surface area (Å²) in [5.74, 6) is 0. The number of aryl methyl sites for hydroxylation is 2. The molecule has 0 aliphatic rings. The molecular formula is C7H7BrN2O3. The van der Waals surface area contributed by atoms with E-state index in [4.69, 9.17) is 0 Å². The van der Waals surface area contributed by atoms with Crippen molar-refractivity contribution < 1.29 is 4.92 Å². The molecule has 0 fully saturated rings. The first-order valence-corrected chi connectivity index (χ1v) is 4.27. The fourth-order valence-corrected chi connectivity index (χ4v) is 1.35. The summed E-state index contributed by atoms with van der Waals surface area (Å²) in [5, 5.41) is 10.5. The first-order valence-electron chi connectivity index (χ1n) is 3.48. The van der Waals surface area contributed by atoms with Crippen molar-refractivity contribution in [3.8, 4) is 0 Å². The molecule has 0 saturated heterocycles. The van der Waals surface area contributed by atoms with E-state index in [1.165, 1.54) is 6.92 Å². The van der Waals surface area contributed by atoms with Gasteiger partial charge in [0.05, 0.1) is 15.1 Å². The number of pyridine rings is 1. The second kappa shape index (κ2) is 3.29. The first kappa shape index (κ1) is 9.91. The summed E-state index contributed by atoms with van der Waals surface area (Å²) < 4.78 is 0.213. The minimum absolute atomic E-state index is 0.213. The van der Waals surface area contributed by atoms with Gasteiger partial charge in [-0.15, -0.1) is 0 Å². The Morgan fingerprint density at radius 3 is 2.38 bits per heavy atom. The summed E-state index contributed by atoms with van der Waals surface area (Å²) in [6.45, 7) is 3.17. The molecule has 0 aliphatic heterocycles. The molecule has 0 aromatic carbocycles. The second-order valence-electron chi connectivity index (χ2n) is 2.62. The molecule has 0 aliphatic carbocycles. The van der Waals surface area contributed by atoms with E-state index in [0.717, 1.165) is 0 Å². The number of nitro groups is 1. The molecule has 0 amide bonds. The number of nitrogens with one attached hydrogen (secondary N) is 1. The summed E-state index contributed by atoms with van der Waals surface area (Å²) in [5.41, 5.74) is -0.125. The molecule has 13 heavy (non-hydrogen) atoms. The minimum Gasteiger partial charge on any atom is -0.356 e. The average Bonchev–Trinajstić information content (AvgIpc) is 1.99. The molecule has 1 aromatic rings. The Morgan fingerprint density at radius 1 is 1.38 bits per heavy atom. The maximum absolute atomic E-state index is 11.3. The largest absolute Gasteiger partial charge is 0.356 e. The standard InChI is InChI=1S/C7H7BrN2O3/c1-3-5(8)7(11)6(10(12)13)4(2)9-3/h1-2H3,(H,9,11). The van der Waals surface area contributed by atoms with E-state index in [-0.39, 0.29) is 10.2 Å². The lowest BCUT2D eigenvalue weighted by atomic mass is 10.3. The topological polar surface area (TPSA) is 76.0 Å². The molecule has 0 unspecified atom stereocenters. The maximum Gasteiger partial charge on any atom is 0.336 e. The van der Waals surface area contributed by atoms with Crippen LogP contribution in [0.3, 0.4) is 0 Å². The molecule has 1 N–H and O–H groups in total. The average molecular weight is 247 g/mol. The van der Waals surface area contributed by atoms with Gasteiger partial charge in [0.2, 0.25) is 0 Å². The van der Waals surface area contributed by atoms with E-state index in [9.17, 15) is 14.9 Å². The lowest BCUT2D eigenvalue weighted by molar-refractivity contribution is -0.386. The number of halogens is 1. The van der Waals surface area contributed by atoms with Gasteiger partial charge in [0.1, 0.15) is 0 Å². The Labute approximate surface area is 82.1 Å². The second-order valence-corrected chi connectivity index (χ2v) is 3.42. The smallest absolute Gasteiger partial charge is 0.336 e. The van der Waals surface area contributed by atoms with Crippen molar-refractivity contribution >= 4 is 21.6 Å². The van der Waals surface area contributed by atoms with Gasteiger partial charge in [-0.1, -0.05) is 0 Å². The van der Waals surface area contributed by atoms with Crippen molar-refractivity contribution in [2.75, 3.05) is 0 Å². The van der Waals surface area contributed by atoms with Gasteiger partial charge in [0.15, 0.2) is 0 Å². The van der Waals surface area contributed by atoms with E-state index in [1.807, 2.05) is 0 Å². The van der Waals surface area contributed by atoms with Crippen LogP contribution in [0.5, 0.6) is 0 Å². The van der Waals surface area contributed by atoms with Crippen molar-refractivity contribution in [3.05, 3.63) is 36.2 Å². The van der Waals surface area contributed by atoms with Crippen LogP contribution >= 0.6 is 15.9 Å². The van der Waals surface area contributed by atoms with Gasteiger partial charge in [0, 0.05) is 5.69 Å². The first-order chi connectivity index (χ1) is 5.95. The third kappa shape index (κ3) is 1.62. The van der Waals surface area contributed by atoms with Gasteiger partial charge < -0.3 is 4.98 Å². The molecule has 5 nitrogen and oxygen atoms in total. The Balaban J connectivity index is 3.63. The van der Waals surface area contributed by atoms with E-state index in [1.54, 1.807) is 6.92 Å². The van der Waals surface area contributed by atoms with Gasteiger partial charge in [0.25, 0.3) is 5.43 Å². The number of aromatic amines is 1. The van der Waals surface area contributed by atoms with E-state index >= 15 is 0 Å². The summed E-state index contributed by atoms with van der Waals surface area (Å²) in [6, 6.07) is 0. The quantitative estimate of drug-likeness (QED) is 0.605. The zero-order valence-corrected chi connectivity index (χ0v) is 8.64. The highest BCUT2D eigenvalue weighted by atomic mass is 79.9. The van der Waals surface area contributed by atoms with Crippen LogP contribution in [0.4, 0.5) is 5.69 Å². The van der Waals surface area contributed by atoms with Crippen LogP contribution < -0.4 is 5.43 Å². The lowest BCUT2D eigenvalue weighted by Crippen LogP contribution is -2.13. The van der Waals surface area contributed by atoms with Gasteiger partial charge in [-0.2, -0.15) is 0 Å². The molecule has 0 spiro atoms. The van der Waals surface area contributed by atoms with Gasteiger partial charge in [-0.25, -0.2) is 0 Å². The number of hydrogen-bond donors (Lipinski definition) is 1. The van der Waals surface area contributed by atoms with Crippen LogP contribution in [0.1, 0.15) is 11.4 Å². The summed E-state index contributed by atoms with van der Waals surface area (Å²) in [7, 11) is 0. The molecule has 0 saturated carbocycles. The summed E-state index contributed by atoms with van der Waals surface area (Å²) in [4.78, 5) is 23.9. The number of rotatable bonds is 1. The summed E-state index contributed by atoms with van der Waals surface area (Å²) >= 11 is 2.98. The highest BCUT2D eigenvalue weighted by molar-refractivity contribution is 9.10. The van der Waals surface area contributed by atoms with Gasteiger partial charge >= 0.3 is 5.69 Å². The van der Waals surface area contributed by atoms with Crippen LogP contribution in [0, 0.1) is 24.0 Å². The van der Waals surface area contributed by atoms with E-state index in [2.05, 4.69) is 20.9 Å². The zero-order chi connectivity index (χ0) is 10.2. The molecule has 1 heterocycles. The molecule has 1 rings (SSSR count). The minimum atomic E-state index is -0.682. The molecule has 0 bridgehead atoms. The van der Waals surface area contributed by atoms with E-state index < -0.39 is 16.0 Å². The van der Waals surface area contributed by atoms with Crippen LogP contribution in [0.2, 0.25) is 0 Å². The van der Waals surface area contributed by atoms with Crippen LogP contribution in [-0.2, 0) is 0 Å². The predicted molar refractivity (Wildman–Crippen MR) is 50.9 cm³/mol. The Kier molecular flexibility index (Phi) is 2.51. The molecular weight excluding hydrogens is 240 g/mol. The van der Waals surface area contributed by atoms with E-state index in [0.29, 0.717) is 5.69 Å². The Bertz CT molecular complexity index is 424. The third-order valence-corrected chi connectivity index (χ3v) is 2.61. The van der Waals surface area contributed by atoms with Gasteiger partial charge in [-0.3, -0.25) is 14.9 Å². The van der Waals surface area contributed by atoms with Crippen molar-refractivity contribution in [1.29, 1.82) is 0 Å². The number of aromatic nitrogens is 1. The molecule has 6 heteroatoms. The molecule has 1 aromatic heterocycles. The fraction of sp³-hybridized carbons (Fsp3) is 0.286. The summed E-state index contributed by atoms with van der Waals surface area (Å²) in [6.07, 6.45) is 0. The van der Waals surface area contributed by atoms with Crippen molar-refractivity contribution in [1.82, 2.24) is 4.98 Å². The monoisotopic (exact) mass is 246 g/mol. The van der Waals surface area contributed by atoms with Crippen molar-refractivity contribution in [2.24, 2.45) is 0 Å². The Hall–Kier alpha value is -1.17. The van der Waals surface area contributed by atoms with Crippen LogP contribution in [-0.4, -0.2) is 9.91 Å². The Morgan fingerprint density at radius 2 is 1.92 bits per heavy atom. The molecule has 0 radical (unpaired) electrons. The third-order valence-electron chi connectivity index (χ3n) is 1.66. The number of hydrogen-bond acceptors (Lipinski definition) is 3. The number of H-pyrrole nitrogens is 1. The fourth-order valence-electron chi connectivity index (χ4n) is 1.06. The normalized spacial score (nSPS) is 10.1. The number of nitrogens with zero attached hydrogens (tertiary/aromatic N) is 1. The predicted octanol–water partition coefficient (Wildman–Crippen LogP) is 1.66. The lowest BCUT2D eigenvalue weighted by Gasteiger charge is -2.00.